The molecule has 1 aliphatic rings. The van der Waals surface area contributed by atoms with E-state index in [9.17, 15) is 14.4 Å². The molecule has 0 aromatic carbocycles. The number of alkyl carbamates (subject to hydrolysis) is 1. The Balaban J connectivity index is 2.54. The van der Waals surface area contributed by atoms with Crippen molar-refractivity contribution < 1.29 is 24.2 Å². The number of nitrogens with one attached hydrogen (secondary N) is 1. The maximum absolute atomic E-state index is 12.2. The third-order valence-corrected chi connectivity index (χ3v) is 3.06. The van der Waals surface area contributed by atoms with Crippen LogP contribution >= 0.6 is 0 Å². The molecule has 20 heavy (non-hydrogen) atoms. The molecule has 0 radical (unpaired) electrons. The minimum atomic E-state index is -1.03. The second kappa shape index (κ2) is 7.56. The number of nitrogens with zero attached hydrogens (tertiary/aromatic N) is 2. The van der Waals surface area contributed by atoms with Crippen LogP contribution in [0.15, 0.2) is 0 Å². The second-order valence-corrected chi connectivity index (χ2v) is 4.67. The van der Waals surface area contributed by atoms with Crippen molar-refractivity contribution in [1.29, 1.82) is 0 Å². The Hall–Kier alpha value is -1.99. The molecule has 0 aromatic rings. The van der Waals surface area contributed by atoms with Crippen molar-refractivity contribution in [2.24, 2.45) is 0 Å². The normalized spacial score (nSPS) is 17.7. The summed E-state index contributed by atoms with van der Waals surface area (Å²) in [4.78, 5) is 36.9. The van der Waals surface area contributed by atoms with Crippen LogP contribution < -0.4 is 5.32 Å². The summed E-state index contributed by atoms with van der Waals surface area (Å²) < 4.78 is 4.50. The van der Waals surface area contributed by atoms with Crippen LogP contribution in [0.4, 0.5) is 9.59 Å². The van der Waals surface area contributed by atoms with Gasteiger partial charge in [0.2, 0.25) is 0 Å². The van der Waals surface area contributed by atoms with Gasteiger partial charge in [0.05, 0.1) is 13.2 Å². The average Bonchev–Trinajstić information content (AvgIpc) is 2.85. The SMILES string of the molecule is CCCN(CC(=O)O)C(=O)N1CCC(NC(=O)OC)C1. The zero-order chi connectivity index (χ0) is 15.1. The molecule has 8 nitrogen and oxygen atoms in total. The molecular formula is C12H21N3O5. The van der Waals surface area contributed by atoms with Crippen molar-refractivity contribution >= 4 is 18.1 Å². The molecule has 1 aliphatic heterocycles. The first-order valence-electron chi connectivity index (χ1n) is 6.58. The summed E-state index contributed by atoms with van der Waals surface area (Å²) in [6, 6.07) is -0.455. The van der Waals surface area contributed by atoms with Crippen molar-refractivity contribution in [3.63, 3.8) is 0 Å². The van der Waals surface area contributed by atoms with Gasteiger partial charge in [-0.15, -0.1) is 0 Å². The third-order valence-electron chi connectivity index (χ3n) is 3.06. The van der Waals surface area contributed by atoms with Gasteiger partial charge in [0.25, 0.3) is 0 Å². The first kappa shape index (κ1) is 16.1. The monoisotopic (exact) mass is 287 g/mol. The largest absolute Gasteiger partial charge is 0.480 e. The average molecular weight is 287 g/mol. The van der Waals surface area contributed by atoms with E-state index < -0.39 is 12.1 Å². The van der Waals surface area contributed by atoms with E-state index >= 15 is 0 Å². The molecule has 2 N–H and O–H groups in total. The molecule has 0 bridgehead atoms. The van der Waals surface area contributed by atoms with Crippen molar-refractivity contribution in [2.45, 2.75) is 25.8 Å². The van der Waals surface area contributed by atoms with Crippen molar-refractivity contribution in [1.82, 2.24) is 15.1 Å². The lowest BCUT2D eigenvalue weighted by Gasteiger charge is -2.26. The molecule has 0 spiro atoms. The fraction of sp³-hybridized carbons (Fsp3) is 0.750. The fourth-order valence-electron chi connectivity index (χ4n) is 2.15. The Morgan fingerprint density at radius 1 is 1.45 bits per heavy atom. The van der Waals surface area contributed by atoms with Crippen LogP contribution in [0, 0.1) is 0 Å². The first-order chi connectivity index (χ1) is 9.47. The molecular weight excluding hydrogens is 266 g/mol. The second-order valence-electron chi connectivity index (χ2n) is 4.67. The standard InChI is InChI=1S/C12H21N3O5/c1-3-5-14(8-10(16)17)12(19)15-6-4-9(7-15)13-11(18)20-2/h9H,3-8H2,1-2H3,(H,13,18)(H,16,17). The number of likely N-dealkylation sites (tertiary alicyclic amines) is 1. The Bertz CT molecular complexity index is 374. The number of carboxylic acid groups (broad SMARTS) is 1. The van der Waals surface area contributed by atoms with E-state index in [1.54, 1.807) is 4.90 Å². The zero-order valence-electron chi connectivity index (χ0n) is 11.8. The maximum Gasteiger partial charge on any atom is 0.407 e. The third kappa shape index (κ3) is 4.60. The van der Waals surface area contributed by atoms with Gasteiger partial charge in [0, 0.05) is 19.6 Å². The van der Waals surface area contributed by atoms with Crippen LogP contribution in [0.25, 0.3) is 0 Å². The Morgan fingerprint density at radius 3 is 2.70 bits per heavy atom. The highest BCUT2D eigenvalue weighted by molar-refractivity contribution is 5.80. The van der Waals surface area contributed by atoms with Gasteiger partial charge in [-0.05, 0) is 12.8 Å². The predicted octanol–water partition coefficient (Wildman–Crippen LogP) is 0.333. The Labute approximate surface area is 117 Å². The van der Waals surface area contributed by atoms with Gasteiger partial charge in [0.15, 0.2) is 0 Å². The molecule has 0 aliphatic carbocycles. The van der Waals surface area contributed by atoms with Crippen molar-refractivity contribution in [2.75, 3.05) is 33.3 Å². The molecule has 1 heterocycles. The highest BCUT2D eigenvalue weighted by atomic mass is 16.5. The van der Waals surface area contributed by atoms with Crippen LogP contribution in [0.3, 0.4) is 0 Å². The summed E-state index contributed by atoms with van der Waals surface area (Å²) in [6.07, 6.45) is 0.796. The number of carbonyl (C=O) groups excluding carboxylic acids is 2. The number of methoxy groups -OCH3 is 1. The van der Waals surface area contributed by atoms with E-state index in [2.05, 4.69) is 10.1 Å². The van der Waals surface area contributed by atoms with Gasteiger partial charge in [-0.3, -0.25) is 4.79 Å². The van der Waals surface area contributed by atoms with E-state index in [1.807, 2.05) is 6.92 Å². The van der Waals surface area contributed by atoms with Gasteiger partial charge < -0.3 is 25.0 Å². The van der Waals surface area contributed by atoms with Crippen LogP contribution in [0.1, 0.15) is 19.8 Å². The molecule has 3 amide bonds. The molecule has 1 fully saturated rings. The Kier molecular flexibility index (Phi) is 6.08. The van der Waals surface area contributed by atoms with Gasteiger partial charge >= 0.3 is 18.1 Å². The highest BCUT2D eigenvalue weighted by Gasteiger charge is 2.30. The topological polar surface area (TPSA) is 99.2 Å². The van der Waals surface area contributed by atoms with E-state index in [-0.39, 0.29) is 18.6 Å². The molecule has 1 atom stereocenters. The number of carbonyl (C=O) groups is 3. The summed E-state index contributed by atoms with van der Waals surface area (Å²) in [5.74, 6) is -1.03. The predicted molar refractivity (Wildman–Crippen MR) is 70.4 cm³/mol. The van der Waals surface area contributed by atoms with E-state index in [0.717, 1.165) is 0 Å². The minimum Gasteiger partial charge on any atom is -0.480 e. The summed E-state index contributed by atoms with van der Waals surface area (Å²) in [5, 5.41) is 11.5. The lowest BCUT2D eigenvalue weighted by molar-refractivity contribution is -0.137. The van der Waals surface area contributed by atoms with Crippen molar-refractivity contribution in [3.8, 4) is 0 Å². The maximum atomic E-state index is 12.2. The number of amides is 3. The summed E-state index contributed by atoms with van der Waals surface area (Å²) in [6.45, 7) is 2.84. The van der Waals surface area contributed by atoms with Gasteiger partial charge in [-0.2, -0.15) is 0 Å². The van der Waals surface area contributed by atoms with Crippen molar-refractivity contribution in [3.05, 3.63) is 0 Å². The van der Waals surface area contributed by atoms with Crippen LogP contribution in [-0.2, 0) is 9.53 Å². The molecule has 1 rings (SSSR count). The summed E-state index contributed by atoms with van der Waals surface area (Å²) in [5.41, 5.74) is 0. The lowest BCUT2D eigenvalue weighted by Crippen LogP contribution is -2.46. The molecule has 0 saturated carbocycles. The molecule has 8 heteroatoms. The number of ether oxygens (including phenoxy) is 1. The fourth-order valence-corrected chi connectivity index (χ4v) is 2.15. The quantitative estimate of drug-likeness (QED) is 0.759. The van der Waals surface area contributed by atoms with Gasteiger partial charge in [0.1, 0.15) is 6.54 Å². The number of carboxylic acids is 1. The Morgan fingerprint density at radius 2 is 2.15 bits per heavy atom. The summed E-state index contributed by atoms with van der Waals surface area (Å²) >= 11 is 0. The molecule has 1 saturated heterocycles. The van der Waals surface area contributed by atoms with Crippen LogP contribution in [0.2, 0.25) is 0 Å². The number of hydrogen-bond acceptors (Lipinski definition) is 4. The first-order valence-corrected chi connectivity index (χ1v) is 6.58. The van der Waals surface area contributed by atoms with E-state index in [1.165, 1.54) is 12.0 Å². The van der Waals surface area contributed by atoms with Crippen LogP contribution in [-0.4, -0.2) is 72.3 Å². The smallest absolute Gasteiger partial charge is 0.407 e. The number of hydrogen-bond donors (Lipinski definition) is 2. The van der Waals surface area contributed by atoms with Gasteiger partial charge in [-0.1, -0.05) is 6.92 Å². The minimum absolute atomic E-state index is 0.153. The number of rotatable bonds is 5. The molecule has 114 valence electrons. The van der Waals surface area contributed by atoms with Gasteiger partial charge in [-0.25, -0.2) is 9.59 Å². The number of aliphatic carboxylic acids is 1. The van der Waals surface area contributed by atoms with Crippen LogP contribution in [0.5, 0.6) is 0 Å². The van der Waals surface area contributed by atoms with E-state index in [4.69, 9.17) is 5.11 Å². The highest BCUT2D eigenvalue weighted by Crippen LogP contribution is 2.12. The van der Waals surface area contributed by atoms with E-state index in [0.29, 0.717) is 32.5 Å². The summed E-state index contributed by atoms with van der Waals surface area (Å²) in [7, 11) is 1.28. The lowest BCUT2D eigenvalue weighted by atomic mass is 10.3. The molecule has 1 unspecified atom stereocenters. The zero-order valence-corrected chi connectivity index (χ0v) is 11.8. The number of urea groups is 1. The molecule has 0 aromatic heterocycles.